The standard InChI is InChI=1S/C26H21N5/c1-16-6-4-5-7-20(16)19-10-11-22-21(13-19)25-24(15-29-22)30(3)26(28)31(25)23-12-18(14-27)9-8-17(23)2/h4-13,15,28H,1-3H3. The second-order valence-electron chi connectivity index (χ2n) is 7.87. The number of aryl methyl sites for hydroxylation is 3. The summed E-state index contributed by atoms with van der Waals surface area (Å²) < 4.78 is 3.76. The first-order chi connectivity index (χ1) is 15.0. The topological polar surface area (TPSA) is 70.4 Å². The number of nitriles is 1. The number of fused-ring (bicyclic) bond motifs is 3. The molecule has 0 fully saturated rings. The van der Waals surface area contributed by atoms with E-state index < -0.39 is 0 Å². The highest BCUT2D eigenvalue weighted by Crippen LogP contribution is 2.31. The van der Waals surface area contributed by atoms with E-state index in [0.717, 1.165) is 38.8 Å². The molecule has 2 heterocycles. The molecule has 0 aliphatic heterocycles. The fourth-order valence-electron chi connectivity index (χ4n) is 4.24. The molecular weight excluding hydrogens is 382 g/mol. The van der Waals surface area contributed by atoms with Crippen molar-refractivity contribution in [2.75, 3.05) is 0 Å². The summed E-state index contributed by atoms with van der Waals surface area (Å²) in [4.78, 5) is 4.66. The van der Waals surface area contributed by atoms with Gasteiger partial charge in [-0.2, -0.15) is 5.26 Å². The van der Waals surface area contributed by atoms with Gasteiger partial charge in [-0.1, -0.05) is 36.4 Å². The zero-order valence-electron chi connectivity index (χ0n) is 17.6. The number of hydrogen-bond donors (Lipinski definition) is 1. The minimum absolute atomic E-state index is 0.337. The van der Waals surface area contributed by atoms with Crippen LogP contribution in [0.5, 0.6) is 0 Å². The summed E-state index contributed by atoms with van der Waals surface area (Å²) in [5.74, 6) is 0. The third kappa shape index (κ3) is 2.84. The predicted octanol–water partition coefficient (Wildman–Crippen LogP) is 5.15. The summed E-state index contributed by atoms with van der Waals surface area (Å²) in [6.07, 6.45) is 1.82. The Balaban J connectivity index is 1.92. The van der Waals surface area contributed by atoms with E-state index in [1.165, 1.54) is 11.1 Å². The third-order valence-corrected chi connectivity index (χ3v) is 5.97. The number of nitrogens with zero attached hydrogens (tertiary/aromatic N) is 4. The number of aromatic nitrogens is 3. The third-order valence-electron chi connectivity index (χ3n) is 5.97. The van der Waals surface area contributed by atoms with Crippen LogP contribution < -0.4 is 5.62 Å². The number of rotatable bonds is 2. The summed E-state index contributed by atoms with van der Waals surface area (Å²) in [5, 5.41) is 19.2. The quantitative estimate of drug-likeness (QED) is 0.443. The Morgan fingerprint density at radius 1 is 0.968 bits per heavy atom. The summed E-state index contributed by atoms with van der Waals surface area (Å²) in [6, 6.07) is 22.4. The lowest BCUT2D eigenvalue weighted by Gasteiger charge is -2.12. The fourth-order valence-corrected chi connectivity index (χ4v) is 4.24. The average Bonchev–Trinajstić information content (AvgIpc) is 3.05. The van der Waals surface area contributed by atoms with E-state index in [-0.39, 0.29) is 0 Å². The Hall–Kier alpha value is -4.17. The zero-order valence-corrected chi connectivity index (χ0v) is 17.6. The van der Waals surface area contributed by atoms with E-state index in [4.69, 9.17) is 5.41 Å². The fraction of sp³-hybridized carbons (Fsp3) is 0.115. The van der Waals surface area contributed by atoms with Gasteiger partial charge >= 0.3 is 0 Å². The van der Waals surface area contributed by atoms with Gasteiger partial charge in [0.1, 0.15) is 0 Å². The van der Waals surface area contributed by atoms with Crippen LogP contribution in [0.2, 0.25) is 0 Å². The van der Waals surface area contributed by atoms with Gasteiger partial charge in [-0.25, -0.2) is 0 Å². The van der Waals surface area contributed by atoms with Crippen molar-refractivity contribution in [1.29, 1.82) is 10.7 Å². The van der Waals surface area contributed by atoms with Crippen LogP contribution in [0.3, 0.4) is 0 Å². The maximum atomic E-state index is 9.43. The molecule has 31 heavy (non-hydrogen) atoms. The van der Waals surface area contributed by atoms with E-state index in [2.05, 4.69) is 42.2 Å². The van der Waals surface area contributed by atoms with E-state index in [9.17, 15) is 5.26 Å². The van der Waals surface area contributed by atoms with Crippen LogP contribution in [0.1, 0.15) is 16.7 Å². The van der Waals surface area contributed by atoms with Crippen LogP contribution in [0.15, 0.2) is 66.9 Å². The van der Waals surface area contributed by atoms with Crippen molar-refractivity contribution in [3.05, 3.63) is 89.2 Å². The van der Waals surface area contributed by atoms with E-state index in [1.54, 1.807) is 0 Å². The normalized spacial score (nSPS) is 11.2. The van der Waals surface area contributed by atoms with Crippen molar-refractivity contribution in [2.45, 2.75) is 13.8 Å². The van der Waals surface area contributed by atoms with Crippen LogP contribution in [-0.2, 0) is 7.05 Å². The van der Waals surface area contributed by atoms with E-state index >= 15 is 0 Å². The molecule has 5 aromatic rings. The van der Waals surface area contributed by atoms with Crippen molar-refractivity contribution in [2.24, 2.45) is 7.05 Å². The zero-order chi connectivity index (χ0) is 21.7. The molecule has 2 aromatic heterocycles. The first kappa shape index (κ1) is 18.8. The molecule has 0 bridgehead atoms. The molecule has 1 N–H and O–H groups in total. The van der Waals surface area contributed by atoms with Gasteiger partial charge in [0.15, 0.2) is 0 Å². The molecule has 150 valence electrons. The number of benzene rings is 3. The van der Waals surface area contributed by atoms with Gasteiger partial charge in [-0.3, -0.25) is 15.0 Å². The Morgan fingerprint density at radius 3 is 2.55 bits per heavy atom. The summed E-state index contributed by atoms with van der Waals surface area (Å²) in [7, 11) is 1.88. The lowest BCUT2D eigenvalue weighted by molar-refractivity contribution is 0.786. The molecule has 0 radical (unpaired) electrons. The van der Waals surface area contributed by atoms with Crippen molar-refractivity contribution in [1.82, 2.24) is 14.1 Å². The van der Waals surface area contributed by atoms with Gasteiger partial charge in [-0.05, 0) is 60.4 Å². The Kier molecular flexibility index (Phi) is 4.23. The molecule has 0 amide bonds. The number of hydrogen-bond acceptors (Lipinski definition) is 3. The Morgan fingerprint density at radius 2 is 1.77 bits per heavy atom. The highest BCUT2D eigenvalue weighted by Gasteiger charge is 2.17. The lowest BCUT2D eigenvalue weighted by atomic mass is 9.99. The van der Waals surface area contributed by atoms with E-state index in [0.29, 0.717) is 11.2 Å². The highest BCUT2D eigenvalue weighted by atomic mass is 15.2. The summed E-state index contributed by atoms with van der Waals surface area (Å²) in [5.41, 5.74) is 8.93. The minimum atomic E-state index is 0.337. The lowest BCUT2D eigenvalue weighted by Crippen LogP contribution is -2.21. The SMILES string of the molecule is Cc1ccccc1-c1ccc2ncc3c(c2c1)n(-c1cc(C#N)ccc1C)c(=N)n3C. The second kappa shape index (κ2) is 6.96. The Labute approximate surface area is 180 Å². The van der Waals surface area contributed by atoms with Gasteiger partial charge in [0.05, 0.1) is 40.1 Å². The molecule has 0 spiro atoms. The molecule has 3 aromatic carbocycles. The molecule has 0 saturated carbocycles. The number of imidazole rings is 1. The number of nitrogens with one attached hydrogen (secondary N) is 1. The predicted molar refractivity (Wildman–Crippen MR) is 123 cm³/mol. The van der Waals surface area contributed by atoms with Crippen LogP contribution in [0.4, 0.5) is 0 Å². The van der Waals surface area contributed by atoms with Crippen molar-refractivity contribution in [3.63, 3.8) is 0 Å². The molecular formula is C26H21N5. The summed E-state index contributed by atoms with van der Waals surface area (Å²) in [6.45, 7) is 4.11. The van der Waals surface area contributed by atoms with Gasteiger partial charge in [-0.15, -0.1) is 0 Å². The molecule has 5 rings (SSSR count). The van der Waals surface area contributed by atoms with Crippen LogP contribution >= 0.6 is 0 Å². The molecule has 5 nitrogen and oxygen atoms in total. The van der Waals surface area contributed by atoms with Crippen molar-refractivity contribution < 1.29 is 0 Å². The van der Waals surface area contributed by atoms with Gasteiger partial charge in [0, 0.05) is 12.4 Å². The number of pyridine rings is 1. The molecule has 0 saturated heterocycles. The molecule has 0 aliphatic carbocycles. The van der Waals surface area contributed by atoms with Crippen LogP contribution in [-0.4, -0.2) is 14.1 Å². The molecule has 0 atom stereocenters. The summed E-state index contributed by atoms with van der Waals surface area (Å²) >= 11 is 0. The van der Waals surface area contributed by atoms with Gasteiger partial charge in [0.2, 0.25) is 5.62 Å². The van der Waals surface area contributed by atoms with E-state index in [1.807, 2.05) is 65.7 Å². The minimum Gasteiger partial charge on any atom is -0.312 e. The Bertz CT molecular complexity index is 1590. The smallest absolute Gasteiger partial charge is 0.207 e. The largest absolute Gasteiger partial charge is 0.312 e. The first-order valence-corrected chi connectivity index (χ1v) is 10.1. The van der Waals surface area contributed by atoms with Gasteiger partial charge < -0.3 is 4.57 Å². The molecule has 5 heteroatoms. The van der Waals surface area contributed by atoms with Crippen molar-refractivity contribution in [3.8, 4) is 22.9 Å². The monoisotopic (exact) mass is 403 g/mol. The molecule has 0 aliphatic rings. The average molecular weight is 403 g/mol. The second-order valence-corrected chi connectivity index (χ2v) is 7.87. The van der Waals surface area contributed by atoms with Crippen LogP contribution in [0, 0.1) is 30.6 Å². The van der Waals surface area contributed by atoms with Gasteiger partial charge in [0.25, 0.3) is 0 Å². The maximum absolute atomic E-state index is 9.43. The maximum Gasteiger partial charge on any atom is 0.207 e. The first-order valence-electron chi connectivity index (χ1n) is 10.1. The highest BCUT2D eigenvalue weighted by molar-refractivity contribution is 6.04. The molecule has 0 unspecified atom stereocenters. The van der Waals surface area contributed by atoms with Crippen molar-refractivity contribution >= 4 is 21.9 Å². The van der Waals surface area contributed by atoms with Crippen LogP contribution in [0.25, 0.3) is 38.8 Å².